The van der Waals surface area contributed by atoms with Crippen LogP contribution in [0.3, 0.4) is 0 Å². The molecule has 0 saturated heterocycles. The molecule has 2 unspecified atom stereocenters. The fraction of sp³-hybridized carbons (Fsp3) is 0.818. The van der Waals surface area contributed by atoms with Crippen LogP contribution in [0.4, 0.5) is 0 Å². The molecule has 0 aromatic rings. The van der Waals surface area contributed by atoms with Gasteiger partial charge in [0, 0.05) is 0 Å². The summed E-state index contributed by atoms with van der Waals surface area (Å²) in [6.45, 7) is 4.70. The molecule has 62 valence electrons. The zero-order chi connectivity index (χ0) is 7.84. The molecule has 0 amide bonds. The molecule has 0 aromatic heterocycles. The molecule has 0 nitrogen and oxygen atoms in total. The first-order chi connectivity index (χ1) is 5.29. The van der Waals surface area contributed by atoms with Gasteiger partial charge >= 0.3 is 0 Å². The Hall–Kier alpha value is -0.260. The van der Waals surface area contributed by atoms with Gasteiger partial charge in [0.1, 0.15) is 0 Å². The van der Waals surface area contributed by atoms with Gasteiger partial charge in [0.05, 0.1) is 0 Å². The summed E-state index contributed by atoms with van der Waals surface area (Å²) in [6, 6.07) is 0. The van der Waals surface area contributed by atoms with E-state index in [2.05, 4.69) is 13.8 Å². The SMILES string of the molecule is CC1=C(C)C2CCCCC1C2. The summed E-state index contributed by atoms with van der Waals surface area (Å²) in [6.07, 6.45) is 7.38. The molecule has 0 radical (unpaired) electrons. The van der Waals surface area contributed by atoms with Gasteiger partial charge in [-0.25, -0.2) is 0 Å². The van der Waals surface area contributed by atoms with Crippen LogP contribution in [-0.4, -0.2) is 0 Å². The Balaban J connectivity index is 2.24. The van der Waals surface area contributed by atoms with Gasteiger partial charge in [0.2, 0.25) is 0 Å². The lowest BCUT2D eigenvalue weighted by molar-refractivity contribution is 0.513. The highest BCUT2D eigenvalue weighted by molar-refractivity contribution is 5.23. The molecule has 1 fully saturated rings. The topological polar surface area (TPSA) is 0 Å². The van der Waals surface area contributed by atoms with E-state index in [0.29, 0.717) is 0 Å². The van der Waals surface area contributed by atoms with Crippen molar-refractivity contribution in [1.29, 1.82) is 0 Å². The van der Waals surface area contributed by atoms with Gasteiger partial charge in [-0.05, 0) is 44.9 Å². The average Bonchev–Trinajstić information content (AvgIpc) is 2.31. The van der Waals surface area contributed by atoms with Crippen molar-refractivity contribution in [1.82, 2.24) is 0 Å². The summed E-state index contributed by atoms with van der Waals surface area (Å²) >= 11 is 0. The molecule has 0 aliphatic heterocycles. The maximum absolute atomic E-state index is 2.35. The predicted octanol–water partition coefficient (Wildman–Crippen LogP) is 3.53. The summed E-state index contributed by atoms with van der Waals surface area (Å²) in [5, 5.41) is 0. The number of hydrogen-bond acceptors (Lipinski definition) is 0. The second-order valence-electron chi connectivity index (χ2n) is 4.28. The number of fused-ring (bicyclic) bond motifs is 2. The normalized spacial score (nSPS) is 37.6. The minimum absolute atomic E-state index is 0.975. The first-order valence-electron chi connectivity index (χ1n) is 4.96. The van der Waals surface area contributed by atoms with Gasteiger partial charge in [-0.15, -0.1) is 0 Å². The highest BCUT2D eigenvalue weighted by Gasteiger charge is 2.29. The lowest BCUT2D eigenvalue weighted by Gasteiger charge is -2.11. The Morgan fingerprint density at radius 1 is 0.909 bits per heavy atom. The number of allylic oxidation sites excluding steroid dienone is 2. The summed E-state index contributed by atoms with van der Waals surface area (Å²) in [7, 11) is 0. The van der Waals surface area contributed by atoms with Crippen molar-refractivity contribution in [3.8, 4) is 0 Å². The summed E-state index contributed by atoms with van der Waals surface area (Å²) in [5.74, 6) is 1.95. The van der Waals surface area contributed by atoms with Crippen LogP contribution in [-0.2, 0) is 0 Å². The van der Waals surface area contributed by atoms with Crippen LogP contribution in [0, 0.1) is 11.8 Å². The molecule has 2 rings (SSSR count). The molecule has 2 atom stereocenters. The van der Waals surface area contributed by atoms with E-state index in [1.165, 1.54) is 32.1 Å². The number of hydrogen-bond donors (Lipinski definition) is 0. The van der Waals surface area contributed by atoms with E-state index < -0.39 is 0 Å². The van der Waals surface area contributed by atoms with Crippen molar-refractivity contribution in [3.63, 3.8) is 0 Å². The van der Waals surface area contributed by atoms with Gasteiger partial charge in [-0.2, -0.15) is 0 Å². The summed E-state index contributed by atoms with van der Waals surface area (Å²) in [5.41, 5.74) is 3.46. The lowest BCUT2D eigenvalue weighted by Crippen LogP contribution is -1.95. The van der Waals surface area contributed by atoms with Crippen LogP contribution in [0.5, 0.6) is 0 Å². The van der Waals surface area contributed by atoms with Crippen LogP contribution < -0.4 is 0 Å². The Morgan fingerprint density at radius 2 is 1.36 bits per heavy atom. The van der Waals surface area contributed by atoms with Crippen molar-refractivity contribution < 1.29 is 0 Å². The standard InChI is InChI=1S/C11H18/c1-8-9(2)11-6-4-3-5-10(8)7-11/h10-11H,3-7H2,1-2H3. The van der Waals surface area contributed by atoms with Gasteiger partial charge in [0.15, 0.2) is 0 Å². The molecule has 1 saturated carbocycles. The van der Waals surface area contributed by atoms with Gasteiger partial charge in [0.25, 0.3) is 0 Å². The largest absolute Gasteiger partial charge is 0.0710 e. The smallest absolute Gasteiger partial charge is 0.0198 e. The highest BCUT2D eigenvalue weighted by atomic mass is 14.3. The second kappa shape index (κ2) is 2.66. The zero-order valence-electron chi connectivity index (χ0n) is 7.69. The highest BCUT2D eigenvalue weighted by Crippen LogP contribution is 2.43. The maximum atomic E-state index is 2.35. The van der Waals surface area contributed by atoms with Crippen LogP contribution in [0.25, 0.3) is 0 Å². The fourth-order valence-corrected chi connectivity index (χ4v) is 2.79. The molecule has 11 heavy (non-hydrogen) atoms. The van der Waals surface area contributed by atoms with Gasteiger partial charge in [-0.1, -0.05) is 24.0 Å². The predicted molar refractivity (Wildman–Crippen MR) is 48.4 cm³/mol. The molecule has 0 N–H and O–H groups in total. The van der Waals surface area contributed by atoms with Crippen molar-refractivity contribution in [2.45, 2.75) is 46.0 Å². The van der Waals surface area contributed by atoms with Crippen molar-refractivity contribution in [2.75, 3.05) is 0 Å². The number of rotatable bonds is 0. The molecular formula is C11H18. The van der Waals surface area contributed by atoms with E-state index >= 15 is 0 Å². The van der Waals surface area contributed by atoms with Crippen LogP contribution >= 0.6 is 0 Å². The first-order valence-corrected chi connectivity index (χ1v) is 4.96. The zero-order valence-corrected chi connectivity index (χ0v) is 7.69. The minimum Gasteiger partial charge on any atom is -0.0710 e. The van der Waals surface area contributed by atoms with Crippen LogP contribution in [0.1, 0.15) is 46.0 Å². The van der Waals surface area contributed by atoms with Gasteiger partial charge < -0.3 is 0 Å². The third kappa shape index (κ3) is 1.13. The average molecular weight is 150 g/mol. The Labute approximate surface area is 69.7 Å². The molecule has 2 aliphatic rings. The van der Waals surface area contributed by atoms with E-state index in [0.717, 1.165) is 11.8 Å². The van der Waals surface area contributed by atoms with E-state index in [1.54, 1.807) is 11.1 Å². The Bertz CT molecular complexity index is 168. The van der Waals surface area contributed by atoms with Crippen LogP contribution in [0.2, 0.25) is 0 Å². The Morgan fingerprint density at radius 3 is 1.82 bits per heavy atom. The van der Waals surface area contributed by atoms with Gasteiger partial charge in [-0.3, -0.25) is 0 Å². The summed E-state index contributed by atoms with van der Waals surface area (Å²) in [4.78, 5) is 0. The molecule has 0 heterocycles. The second-order valence-corrected chi connectivity index (χ2v) is 4.28. The minimum atomic E-state index is 0.975. The monoisotopic (exact) mass is 150 g/mol. The fourth-order valence-electron chi connectivity index (χ4n) is 2.79. The van der Waals surface area contributed by atoms with E-state index in [-0.39, 0.29) is 0 Å². The van der Waals surface area contributed by atoms with Crippen LogP contribution in [0.15, 0.2) is 11.1 Å². The lowest BCUT2D eigenvalue weighted by atomic mass is 9.95. The van der Waals surface area contributed by atoms with Crippen molar-refractivity contribution >= 4 is 0 Å². The summed E-state index contributed by atoms with van der Waals surface area (Å²) < 4.78 is 0. The molecular weight excluding hydrogens is 132 g/mol. The van der Waals surface area contributed by atoms with E-state index in [9.17, 15) is 0 Å². The molecule has 0 spiro atoms. The third-order valence-corrected chi connectivity index (χ3v) is 3.77. The maximum Gasteiger partial charge on any atom is -0.0198 e. The molecule has 0 aromatic carbocycles. The Kier molecular flexibility index (Phi) is 1.78. The van der Waals surface area contributed by atoms with Crippen molar-refractivity contribution in [3.05, 3.63) is 11.1 Å². The van der Waals surface area contributed by atoms with E-state index in [1.807, 2.05) is 0 Å². The third-order valence-electron chi connectivity index (χ3n) is 3.77. The molecule has 2 aliphatic carbocycles. The van der Waals surface area contributed by atoms with E-state index in [4.69, 9.17) is 0 Å². The van der Waals surface area contributed by atoms with Crippen molar-refractivity contribution in [2.24, 2.45) is 11.8 Å². The molecule has 0 heteroatoms. The quantitative estimate of drug-likeness (QED) is 0.463. The first kappa shape index (κ1) is 7.39. The molecule has 2 bridgehead atoms.